The van der Waals surface area contributed by atoms with Gasteiger partial charge >= 0.3 is 5.97 Å². The van der Waals surface area contributed by atoms with E-state index in [0.717, 1.165) is 27.7 Å². The quantitative estimate of drug-likeness (QED) is 0.643. The number of ether oxygens (including phenoxy) is 3. The lowest BCUT2D eigenvalue weighted by Gasteiger charge is -2.19. The van der Waals surface area contributed by atoms with Crippen LogP contribution in [0.5, 0.6) is 11.5 Å². The average Bonchev–Trinajstić information content (AvgIpc) is 3.13. The summed E-state index contributed by atoms with van der Waals surface area (Å²) in [7, 11) is 0. The third-order valence-corrected chi connectivity index (χ3v) is 5.16. The van der Waals surface area contributed by atoms with E-state index in [1.54, 1.807) is 24.5 Å². The van der Waals surface area contributed by atoms with Crippen molar-refractivity contribution in [2.45, 2.75) is 33.3 Å². The number of anilines is 1. The minimum absolute atomic E-state index is 0.0249. The molecule has 0 saturated carbocycles. The Kier molecular flexibility index (Phi) is 5.35. The standard InChI is InChI=1S/C23H23NO6/c1-13-4-6-18-16(12-29-22(18)14(13)2)10-21(25)30-15(3)23(26)24-17-5-7-19-20(11-17)28-9-8-27-19/h4-7,11-12,15H,8-10H2,1-3H3,(H,24,26)/t15-/m1/s1. The smallest absolute Gasteiger partial charge is 0.311 e. The van der Waals surface area contributed by atoms with Crippen molar-refractivity contribution >= 4 is 28.5 Å². The highest BCUT2D eigenvalue weighted by Gasteiger charge is 2.21. The Morgan fingerprint density at radius 3 is 2.67 bits per heavy atom. The van der Waals surface area contributed by atoms with Crippen LogP contribution in [0.1, 0.15) is 23.6 Å². The summed E-state index contributed by atoms with van der Waals surface area (Å²) in [6.07, 6.45) is 0.642. The fourth-order valence-electron chi connectivity index (χ4n) is 3.34. The number of fused-ring (bicyclic) bond motifs is 2. The predicted octanol–water partition coefficient (Wildman–Crippen LogP) is 3.93. The summed E-state index contributed by atoms with van der Waals surface area (Å²) in [5, 5.41) is 3.61. The maximum atomic E-state index is 12.4. The van der Waals surface area contributed by atoms with Crippen LogP contribution in [-0.2, 0) is 20.7 Å². The molecule has 0 radical (unpaired) electrons. The van der Waals surface area contributed by atoms with Crippen LogP contribution in [0.4, 0.5) is 5.69 Å². The Labute approximate surface area is 173 Å². The first-order valence-electron chi connectivity index (χ1n) is 9.78. The molecule has 1 N–H and O–H groups in total. The van der Waals surface area contributed by atoms with Gasteiger partial charge in [0.05, 0.1) is 12.7 Å². The zero-order valence-electron chi connectivity index (χ0n) is 17.1. The van der Waals surface area contributed by atoms with E-state index < -0.39 is 18.0 Å². The number of nitrogens with one attached hydrogen (secondary N) is 1. The van der Waals surface area contributed by atoms with Crippen molar-refractivity contribution in [1.29, 1.82) is 0 Å². The summed E-state index contributed by atoms with van der Waals surface area (Å²) in [5.41, 5.74) is 4.20. The van der Waals surface area contributed by atoms with Gasteiger partial charge in [0.25, 0.3) is 5.91 Å². The lowest BCUT2D eigenvalue weighted by atomic mass is 10.0. The van der Waals surface area contributed by atoms with Gasteiger partial charge in [-0.1, -0.05) is 12.1 Å². The van der Waals surface area contributed by atoms with Gasteiger partial charge in [0, 0.05) is 22.7 Å². The number of benzene rings is 2. The summed E-state index contributed by atoms with van der Waals surface area (Å²) < 4.78 is 21.9. The molecular formula is C23H23NO6. The molecule has 0 saturated heterocycles. The van der Waals surface area contributed by atoms with Crippen LogP contribution in [0.25, 0.3) is 11.0 Å². The van der Waals surface area contributed by atoms with Crippen LogP contribution < -0.4 is 14.8 Å². The molecular weight excluding hydrogens is 386 g/mol. The summed E-state index contributed by atoms with van der Waals surface area (Å²) in [6.45, 7) is 6.48. The minimum atomic E-state index is -0.951. The summed E-state index contributed by atoms with van der Waals surface area (Å²) in [5.74, 6) is 0.279. The van der Waals surface area contributed by atoms with Crippen LogP contribution in [0, 0.1) is 13.8 Å². The molecule has 1 atom stereocenters. The number of rotatable bonds is 5. The molecule has 1 aliphatic heterocycles. The fraction of sp³-hybridized carbons (Fsp3) is 0.304. The minimum Gasteiger partial charge on any atom is -0.486 e. The molecule has 0 fully saturated rings. The maximum absolute atomic E-state index is 12.4. The van der Waals surface area contributed by atoms with Crippen LogP contribution in [0.2, 0.25) is 0 Å². The molecule has 30 heavy (non-hydrogen) atoms. The monoisotopic (exact) mass is 409 g/mol. The van der Waals surface area contributed by atoms with E-state index in [4.69, 9.17) is 18.6 Å². The molecule has 1 amide bonds. The lowest BCUT2D eigenvalue weighted by molar-refractivity contribution is -0.152. The van der Waals surface area contributed by atoms with Crippen molar-refractivity contribution < 1.29 is 28.2 Å². The molecule has 156 valence electrons. The summed E-state index contributed by atoms with van der Waals surface area (Å²) >= 11 is 0. The Morgan fingerprint density at radius 1 is 1.10 bits per heavy atom. The fourth-order valence-corrected chi connectivity index (χ4v) is 3.34. The average molecular weight is 409 g/mol. The van der Waals surface area contributed by atoms with E-state index in [1.165, 1.54) is 6.92 Å². The van der Waals surface area contributed by atoms with E-state index in [0.29, 0.717) is 30.4 Å². The molecule has 7 nitrogen and oxygen atoms in total. The Hall–Kier alpha value is -3.48. The van der Waals surface area contributed by atoms with Crippen LogP contribution >= 0.6 is 0 Å². The predicted molar refractivity (Wildman–Crippen MR) is 111 cm³/mol. The second-order valence-electron chi connectivity index (χ2n) is 7.30. The molecule has 2 aromatic carbocycles. The van der Waals surface area contributed by atoms with Crippen molar-refractivity contribution in [3.8, 4) is 11.5 Å². The molecule has 7 heteroatoms. The zero-order valence-corrected chi connectivity index (χ0v) is 17.1. The largest absolute Gasteiger partial charge is 0.486 e. The van der Waals surface area contributed by atoms with Gasteiger partial charge in [0.2, 0.25) is 0 Å². The number of aryl methyl sites for hydroxylation is 2. The third-order valence-electron chi connectivity index (χ3n) is 5.16. The Bertz CT molecular complexity index is 1120. The summed E-state index contributed by atoms with van der Waals surface area (Å²) in [6, 6.07) is 9.05. The molecule has 0 aliphatic carbocycles. The van der Waals surface area contributed by atoms with Crippen molar-refractivity contribution in [1.82, 2.24) is 0 Å². The lowest BCUT2D eigenvalue weighted by Crippen LogP contribution is -2.30. The molecule has 4 rings (SSSR count). The van der Waals surface area contributed by atoms with E-state index >= 15 is 0 Å². The molecule has 1 aliphatic rings. The van der Waals surface area contributed by atoms with Crippen molar-refractivity contribution in [3.05, 3.63) is 53.3 Å². The highest BCUT2D eigenvalue weighted by molar-refractivity contribution is 5.96. The number of hydrogen-bond acceptors (Lipinski definition) is 6. The SMILES string of the molecule is Cc1ccc2c(CC(=O)O[C@H](C)C(=O)Nc3ccc4c(c3)OCCO4)coc2c1C. The molecule has 0 unspecified atom stereocenters. The van der Waals surface area contributed by atoms with Crippen molar-refractivity contribution in [2.24, 2.45) is 0 Å². The molecule has 0 spiro atoms. The Balaban J connectivity index is 1.37. The number of furan rings is 1. The number of amides is 1. The van der Waals surface area contributed by atoms with Gasteiger partial charge in [-0.3, -0.25) is 9.59 Å². The van der Waals surface area contributed by atoms with Crippen molar-refractivity contribution in [2.75, 3.05) is 18.5 Å². The van der Waals surface area contributed by atoms with Gasteiger partial charge in [-0.05, 0) is 44.0 Å². The Morgan fingerprint density at radius 2 is 1.87 bits per heavy atom. The number of esters is 1. The molecule has 2 heterocycles. The highest BCUT2D eigenvalue weighted by Crippen LogP contribution is 2.32. The molecule has 3 aromatic rings. The second kappa shape index (κ2) is 8.10. The highest BCUT2D eigenvalue weighted by atomic mass is 16.6. The maximum Gasteiger partial charge on any atom is 0.311 e. The van der Waals surface area contributed by atoms with E-state index in [-0.39, 0.29) is 6.42 Å². The van der Waals surface area contributed by atoms with Gasteiger partial charge in [0.15, 0.2) is 17.6 Å². The van der Waals surface area contributed by atoms with Crippen LogP contribution in [-0.4, -0.2) is 31.2 Å². The van der Waals surface area contributed by atoms with Gasteiger partial charge in [0.1, 0.15) is 18.8 Å². The van der Waals surface area contributed by atoms with Gasteiger partial charge in [-0.15, -0.1) is 0 Å². The van der Waals surface area contributed by atoms with E-state index in [9.17, 15) is 9.59 Å². The molecule has 1 aromatic heterocycles. The first-order valence-corrected chi connectivity index (χ1v) is 9.78. The second-order valence-corrected chi connectivity index (χ2v) is 7.30. The van der Waals surface area contributed by atoms with Crippen molar-refractivity contribution in [3.63, 3.8) is 0 Å². The zero-order chi connectivity index (χ0) is 21.3. The van der Waals surface area contributed by atoms with E-state index in [1.807, 2.05) is 26.0 Å². The van der Waals surface area contributed by atoms with Gasteiger partial charge in [-0.2, -0.15) is 0 Å². The first kappa shape index (κ1) is 19.8. The number of carbonyl (C=O) groups is 2. The summed E-state index contributed by atoms with van der Waals surface area (Å²) in [4.78, 5) is 24.8. The van der Waals surface area contributed by atoms with Gasteiger partial charge < -0.3 is 23.9 Å². The van der Waals surface area contributed by atoms with Crippen LogP contribution in [0.15, 0.2) is 41.0 Å². The topological polar surface area (TPSA) is 87.0 Å². The van der Waals surface area contributed by atoms with E-state index in [2.05, 4.69) is 5.32 Å². The normalized spacial score (nSPS) is 13.7. The third kappa shape index (κ3) is 3.96. The van der Waals surface area contributed by atoms with Crippen LogP contribution in [0.3, 0.4) is 0 Å². The number of hydrogen-bond donors (Lipinski definition) is 1. The first-order chi connectivity index (χ1) is 14.4. The number of carbonyl (C=O) groups excluding carboxylic acids is 2. The molecule has 0 bridgehead atoms. The van der Waals surface area contributed by atoms with Gasteiger partial charge in [-0.25, -0.2) is 0 Å².